The molecule has 0 saturated heterocycles. The van der Waals surface area contributed by atoms with Crippen molar-refractivity contribution in [3.8, 4) is 0 Å². The minimum Gasteiger partial charge on any atom is -0.311 e. The van der Waals surface area contributed by atoms with E-state index >= 15 is 0 Å². The zero-order valence-electron chi connectivity index (χ0n) is 11.4. The number of sulfonamides is 1. The number of halogens is 1. The van der Waals surface area contributed by atoms with Crippen LogP contribution in [-0.4, -0.2) is 27.4 Å². The van der Waals surface area contributed by atoms with Crippen molar-refractivity contribution in [2.45, 2.75) is 31.6 Å². The molecular formula is C13H17BrN2O3S. The highest BCUT2D eigenvalue weighted by Gasteiger charge is 2.30. The van der Waals surface area contributed by atoms with Gasteiger partial charge in [0.05, 0.1) is 5.69 Å². The van der Waals surface area contributed by atoms with E-state index in [0.29, 0.717) is 36.1 Å². The van der Waals surface area contributed by atoms with E-state index in [9.17, 15) is 13.2 Å². The fraction of sp³-hybridized carbons (Fsp3) is 0.462. The molecule has 0 aliphatic carbocycles. The predicted molar refractivity (Wildman–Crippen MR) is 81.4 cm³/mol. The SMILES string of the molecule is CCCNS(=O)(=O)c1cc(Br)cc2c1N(C(C)=O)CC2. The first-order valence-corrected chi connectivity index (χ1v) is 8.74. The molecule has 7 heteroatoms. The van der Waals surface area contributed by atoms with Gasteiger partial charge in [-0.3, -0.25) is 4.79 Å². The molecule has 1 aromatic carbocycles. The maximum atomic E-state index is 12.4. The van der Waals surface area contributed by atoms with E-state index in [1.807, 2.05) is 13.0 Å². The minimum absolute atomic E-state index is 0.141. The molecular weight excluding hydrogens is 344 g/mol. The third kappa shape index (κ3) is 2.89. The lowest BCUT2D eigenvalue weighted by molar-refractivity contribution is -0.116. The molecule has 1 heterocycles. The standard InChI is InChI=1S/C13H17BrN2O3S/c1-3-5-15-20(18,19)12-8-11(14)7-10-4-6-16(9(2)17)13(10)12/h7-8,15H,3-6H2,1-2H3. The molecule has 1 aromatic rings. The molecule has 0 fully saturated rings. The van der Waals surface area contributed by atoms with E-state index in [0.717, 1.165) is 5.56 Å². The second-order valence-electron chi connectivity index (χ2n) is 4.73. The first-order chi connectivity index (χ1) is 9.36. The maximum Gasteiger partial charge on any atom is 0.242 e. The van der Waals surface area contributed by atoms with Gasteiger partial charge in [0.2, 0.25) is 15.9 Å². The quantitative estimate of drug-likeness (QED) is 0.893. The van der Waals surface area contributed by atoms with E-state index in [-0.39, 0.29) is 10.8 Å². The topological polar surface area (TPSA) is 66.5 Å². The number of nitrogens with zero attached hydrogens (tertiary/aromatic N) is 1. The molecule has 0 spiro atoms. The van der Waals surface area contributed by atoms with Crippen molar-refractivity contribution >= 4 is 37.5 Å². The summed E-state index contributed by atoms with van der Waals surface area (Å²) in [6, 6.07) is 3.43. The summed E-state index contributed by atoms with van der Waals surface area (Å²) in [5.74, 6) is -0.141. The summed E-state index contributed by atoms with van der Waals surface area (Å²) in [4.78, 5) is 13.4. The molecule has 0 atom stereocenters. The lowest BCUT2D eigenvalue weighted by atomic mass is 10.2. The van der Waals surface area contributed by atoms with Crippen molar-refractivity contribution in [1.29, 1.82) is 0 Å². The van der Waals surface area contributed by atoms with Gasteiger partial charge in [-0.15, -0.1) is 0 Å². The van der Waals surface area contributed by atoms with Crippen LogP contribution in [0.3, 0.4) is 0 Å². The molecule has 2 rings (SSSR count). The van der Waals surface area contributed by atoms with Crippen molar-refractivity contribution in [3.05, 3.63) is 22.2 Å². The van der Waals surface area contributed by atoms with E-state index < -0.39 is 10.0 Å². The van der Waals surface area contributed by atoms with Crippen LogP contribution >= 0.6 is 15.9 Å². The molecule has 20 heavy (non-hydrogen) atoms. The Morgan fingerprint density at radius 3 is 2.75 bits per heavy atom. The molecule has 1 N–H and O–H groups in total. The van der Waals surface area contributed by atoms with E-state index in [1.165, 1.54) is 11.8 Å². The number of hydrogen-bond acceptors (Lipinski definition) is 3. The Bertz CT molecular complexity index is 643. The first-order valence-electron chi connectivity index (χ1n) is 6.47. The number of anilines is 1. The van der Waals surface area contributed by atoms with Crippen LogP contribution in [0.1, 0.15) is 25.8 Å². The van der Waals surface area contributed by atoms with Crippen LogP contribution in [0, 0.1) is 0 Å². The molecule has 0 saturated carbocycles. The van der Waals surface area contributed by atoms with Crippen LogP contribution in [-0.2, 0) is 21.2 Å². The fourth-order valence-corrected chi connectivity index (χ4v) is 4.37. The summed E-state index contributed by atoms with van der Waals surface area (Å²) < 4.78 is 28.1. The molecule has 0 aromatic heterocycles. The van der Waals surface area contributed by atoms with Gasteiger partial charge in [-0.1, -0.05) is 22.9 Å². The number of rotatable bonds is 4. The van der Waals surface area contributed by atoms with E-state index in [2.05, 4.69) is 20.7 Å². The van der Waals surface area contributed by atoms with Crippen molar-refractivity contribution in [3.63, 3.8) is 0 Å². The summed E-state index contributed by atoms with van der Waals surface area (Å²) in [5.41, 5.74) is 1.40. The third-order valence-corrected chi connectivity index (χ3v) is 5.14. The molecule has 1 aliphatic rings. The molecule has 0 radical (unpaired) electrons. The second kappa shape index (κ2) is 5.83. The normalized spacial score (nSPS) is 14.4. The lowest BCUT2D eigenvalue weighted by Crippen LogP contribution is -2.30. The van der Waals surface area contributed by atoms with Crippen molar-refractivity contribution in [2.75, 3.05) is 18.0 Å². The fourth-order valence-electron chi connectivity index (χ4n) is 2.30. The lowest BCUT2D eigenvalue weighted by Gasteiger charge is -2.19. The van der Waals surface area contributed by atoms with Gasteiger partial charge in [-0.25, -0.2) is 13.1 Å². The Kier molecular flexibility index (Phi) is 4.51. The average Bonchev–Trinajstić information content (AvgIpc) is 2.78. The van der Waals surface area contributed by atoms with Gasteiger partial charge in [0.25, 0.3) is 0 Å². The van der Waals surface area contributed by atoms with Gasteiger partial charge < -0.3 is 4.90 Å². The van der Waals surface area contributed by atoms with Crippen LogP contribution in [0.2, 0.25) is 0 Å². The largest absolute Gasteiger partial charge is 0.311 e. The van der Waals surface area contributed by atoms with Gasteiger partial charge in [0.1, 0.15) is 4.90 Å². The highest BCUT2D eigenvalue weighted by molar-refractivity contribution is 9.10. The van der Waals surface area contributed by atoms with Crippen LogP contribution < -0.4 is 9.62 Å². The van der Waals surface area contributed by atoms with Gasteiger partial charge in [-0.05, 0) is 30.5 Å². The summed E-state index contributed by atoms with van der Waals surface area (Å²) >= 11 is 3.34. The van der Waals surface area contributed by atoms with Gasteiger partial charge in [0.15, 0.2) is 0 Å². The summed E-state index contributed by atoms with van der Waals surface area (Å²) in [5, 5.41) is 0. The minimum atomic E-state index is -3.61. The van der Waals surface area contributed by atoms with Crippen LogP contribution in [0.25, 0.3) is 0 Å². The maximum absolute atomic E-state index is 12.4. The van der Waals surface area contributed by atoms with Crippen molar-refractivity contribution in [1.82, 2.24) is 4.72 Å². The number of hydrogen-bond donors (Lipinski definition) is 1. The molecule has 0 bridgehead atoms. The first kappa shape index (κ1) is 15.5. The summed E-state index contributed by atoms with van der Waals surface area (Å²) in [7, 11) is -3.61. The summed E-state index contributed by atoms with van der Waals surface area (Å²) in [6.45, 7) is 4.25. The monoisotopic (exact) mass is 360 g/mol. The van der Waals surface area contributed by atoms with Gasteiger partial charge in [-0.2, -0.15) is 0 Å². The summed E-state index contributed by atoms with van der Waals surface area (Å²) in [6.07, 6.45) is 1.39. The number of fused-ring (bicyclic) bond motifs is 1. The zero-order chi connectivity index (χ0) is 14.9. The molecule has 1 aliphatic heterocycles. The number of carbonyl (C=O) groups excluding carboxylic acids is 1. The van der Waals surface area contributed by atoms with Gasteiger partial charge >= 0.3 is 0 Å². The van der Waals surface area contributed by atoms with Crippen LogP contribution in [0.4, 0.5) is 5.69 Å². The van der Waals surface area contributed by atoms with E-state index in [4.69, 9.17) is 0 Å². The Hall–Kier alpha value is -0.920. The Morgan fingerprint density at radius 2 is 2.15 bits per heavy atom. The predicted octanol–water partition coefficient (Wildman–Crippen LogP) is 2.05. The molecule has 5 nitrogen and oxygen atoms in total. The molecule has 0 unspecified atom stereocenters. The number of amides is 1. The van der Waals surface area contributed by atoms with Gasteiger partial charge in [0, 0.05) is 24.5 Å². The number of nitrogens with one attached hydrogen (secondary N) is 1. The average molecular weight is 361 g/mol. The molecule has 110 valence electrons. The number of carbonyl (C=O) groups is 1. The number of benzene rings is 1. The van der Waals surface area contributed by atoms with Crippen LogP contribution in [0.5, 0.6) is 0 Å². The smallest absolute Gasteiger partial charge is 0.242 e. The highest BCUT2D eigenvalue weighted by Crippen LogP contribution is 2.37. The van der Waals surface area contributed by atoms with Crippen molar-refractivity contribution in [2.24, 2.45) is 0 Å². The van der Waals surface area contributed by atoms with Crippen molar-refractivity contribution < 1.29 is 13.2 Å². The highest BCUT2D eigenvalue weighted by atomic mass is 79.9. The zero-order valence-corrected chi connectivity index (χ0v) is 13.8. The molecule has 1 amide bonds. The van der Waals surface area contributed by atoms with Crippen LogP contribution in [0.15, 0.2) is 21.5 Å². The Morgan fingerprint density at radius 1 is 1.45 bits per heavy atom. The third-order valence-electron chi connectivity index (χ3n) is 3.21. The Balaban J connectivity index is 2.57. The Labute approximate surface area is 127 Å². The van der Waals surface area contributed by atoms with E-state index in [1.54, 1.807) is 6.07 Å². The second-order valence-corrected chi connectivity index (χ2v) is 7.38.